The van der Waals surface area contributed by atoms with E-state index < -0.39 is 0 Å². The van der Waals surface area contributed by atoms with Gasteiger partial charge in [0.05, 0.1) is 11.8 Å². The van der Waals surface area contributed by atoms with Crippen molar-refractivity contribution < 1.29 is 19.4 Å². The van der Waals surface area contributed by atoms with E-state index in [9.17, 15) is 14.7 Å². The molecule has 3 saturated carbocycles. The molecule has 2 bridgehead atoms. The van der Waals surface area contributed by atoms with Gasteiger partial charge in [-0.25, -0.2) is 0 Å². The lowest BCUT2D eigenvalue weighted by Crippen LogP contribution is -2.66. The molecule has 4 fully saturated rings. The molecule has 6 rings (SSSR count). The van der Waals surface area contributed by atoms with Crippen LogP contribution in [0.2, 0.25) is 0 Å². The number of aliphatic hydroxyl groups excluding tert-OH is 1. The zero-order valence-electron chi connectivity index (χ0n) is 15.2. The summed E-state index contributed by atoms with van der Waals surface area (Å²) in [5.41, 5.74) is -0.410. The Labute approximate surface area is 149 Å². The third-order valence-electron chi connectivity index (χ3n) is 9.12. The molecular formula is C21H28O4. The molecule has 8 atom stereocenters. The van der Waals surface area contributed by atoms with Crippen molar-refractivity contribution >= 4 is 11.9 Å². The minimum Gasteiger partial charge on any atom is -0.396 e. The molecule has 6 aliphatic rings. The minimum absolute atomic E-state index is 0.0555. The molecule has 1 saturated heterocycles. The van der Waals surface area contributed by atoms with Crippen molar-refractivity contribution in [3.8, 4) is 0 Å². The SMILES string of the molecule is C[C@]1(CO)CCC[C@@]2(C)[C@@H]1CC[C@H]1C[C@@H]3C=C[C@]12[C@H]1C(=O)OC(=O)[C@H]31. The second-order valence-electron chi connectivity index (χ2n) is 9.85. The van der Waals surface area contributed by atoms with Crippen LogP contribution in [0.4, 0.5) is 0 Å². The van der Waals surface area contributed by atoms with Gasteiger partial charge in [0, 0.05) is 12.0 Å². The number of carbonyl (C=O) groups excluding carboxylic acids is 2. The van der Waals surface area contributed by atoms with Crippen molar-refractivity contribution in [2.75, 3.05) is 6.61 Å². The normalized spacial score (nSPS) is 56.2. The molecule has 0 aromatic rings. The number of allylic oxidation sites excluding steroid dienone is 2. The molecule has 1 aliphatic heterocycles. The first-order valence-electron chi connectivity index (χ1n) is 9.93. The lowest BCUT2D eigenvalue weighted by Gasteiger charge is -2.69. The first kappa shape index (κ1) is 16.0. The fraction of sp³-hybridized carbons (Fsp3) is 0.810. The zero-order valence-corrected chi connectivity index (χ0v) is 15.2. The highest BCUT2D eigenvalue weighted by Crippen LogP contribution is 2.75. The Balaban J connectivity index is 1.71. The number of carbonyl (C=O) groups is 2. The first-order valence-corrected chi connectivity index (χ1v) is 9.93. The Hall–Kier alpha value is -1.16. The van der Waals surface area contributed by atoms with Gasteiger partial charge < -0.3 is 9.84 Å². The zero-order chi connectivity index (χ0) is 17.6. The molecular weight excluding hydrogens is 316 g/mol. The third-order valence-corrected chi connectivity index (χ3v) is 9.12. The summed E-state index contributed by atoms with van der Waals surface area (Å²) in [5, 5.41) is 10.2. The highest BCUT2D eigenvalue weighted by atomic mass is 16.6. The average molecular weight is 344 g/mol. The number of cyclic esters (lactones) is 2. The molecule has 0 amide bonds. The van der Waals surface area contributed by atoms with Crippen molar-refractivity contribution in [3.05, 3.63) is 12.2 Å². The molecule has 1 heterocycles. The fourth-order valence-electron chi connectivity index (χ4n) is 8.16. The molecule has 0 unspecified atom stereocenters. The van der Waals surface area contributed by atoms with Crippen molar-refractivity contribution in [2.45, 2.75) is 52.4 Å². The van der Waals surface area contributed by atoms with Gasteiger partial charge in [-0.3, -0.25) is 9.59 Å². The van der Waals surface area contributed by atoms with Gasteiger partial charge in [0.15, 0.2) is 0 Å². The van der Waals surface area contributed by atoms with Gasteiger partial charge in [-0.05, 0) is 60.7 Å². The van der Waals surface area contributed by atoms with E-state index in [1.54, 1.807) is 0 Å². The number of hydrogen-bond donors (Lipinski definition) is 1. The van der Waals surface area contributed by atoms with Gasteiger partial charge in [0.25, 0.3) is 0 Å². The molecule has 1 N–H and O–H groups in total. The number of rotatable bonds is 1. The maximum atomic E-state index is 12.8. The van der Waals surface area contributed by atoms with E-state index in [2.05, 4.69) is 26.0 Å². The maximum absolute atomic E-state index is 12.8. The third kappa shape index (κ3) is 1.64. The predicted molar refractivity (Wildman–Crippen MR) is 91.1 cm³/mol. The monoisotopic (exact) mass is 344 g/mol. The van der Waals surface area contributed by atoms with E-state index >= 15 is 0 Å². The predicted octanol–water partition coefficient (Wildman–Crippen LogP) is 3.09. The van der Waals surface area contributed by atoms with Crippen LogP contribution in [0.3, 0.4) is 0 Å². The Morgan fingerprint density at radius 1 is 1.20 bits per heavy atom. The van der Waals surface area contributed by atoms with Gasteiger partial charge in [-0.15, -0.1) is 0 Å². The standard InChI is InChI=1S/C21H28O4/c1-19(11-22)7-3-8-20(2)14(19)5-4-13-10-12-6-9-21(13,20)16-15(12)17(23)25-18(16)24/h6,9,12-16,22H,3-5,7-8,10-11H2,1-2H3/t12-,13-,14+,15+,16+,19+,20-,21+/m0/s1. The molecule has 4 heteroatoms. The van der Waals surface area contributed by atoms with Crippen LogP contribution in [0.15, 0.2) is 12.2 Å². The van der Waals surface area contributed by atoms with Gasteiger partial charge in [-0.1, -0.05) is 32.4 Å². The van der Waals surface area contributed by atoms with Crippen molar-refractivity contribution in [3.63, 3.8) is 0 Å². The van der Waals surface area contributed by atoms with Crippen LogP contribution in [-0.4, -0.2) is 23.7 Å². The number of fused-ring (bicyclic) bond motifs is 1. The number of esters is 2. The molecule has 0 aromatic carbocycles. The Bertz CT molecular complexity index is 683. The fourth-order valence-corrected chi connectivity index (χ4v) is 8.16. The van der Waals surface area contributed by atoms with Crippen LogP contribution in [0.25, 0.3) is 0 Å². The van der Waals surface area contributed by atoms with Gasteiger partial charge >= 0.3 is 11.9 Å². The summed E-state index contributed by atoms with van der Waals surface area (Å²) in [4.78, 5) is 25.2. The van der Waals surface area contributed by atoms with E-state index in [0.29, 0.717) is 11.8 Å². The van der Waals surface area contributed by atoms with Crippen LogP contribution in [-0.2, 0) is 14.3 Å². The molecule has 5 aliphatic carbocycles. The van der Waals surface area contributed by atoms with Crippen molar-refractivity contribution in [1.29, 1.82) is 0 Å². The molecule has 4 nitrogen and oxygen atoms in total. The van der Waals surface area contributed by atoms with Crippen LogP contribution in [0, 0.1) is 45.8 Å². The number of hydrogen-bond acceptors (Lipinski definition) is 4. The topological polar surface area (TPSA) is 63.6 Å². The second kappa shape index (κ2) is 4.76. The molecule has 0 radical (unpaired) electrons. The summed E-state index contributed by atoms with van der Waals surface area (Å²) in [5.74, 6) is -0.137. The number of ether oxygens (including phenoxy) is 1. The second-order valence-corrected chi connectivity index (χ2v) is 9.85. The number of aliphatic hydroxyl groups is 1. The van der Waals surface area contributed by atoms with Crippen LogP contribution < -0.4 is 0 Å². The lowest BCUT2D eigenvalue weighted by molar-refractivity contribution is -0.204. The van der Waals surface area contributed by atoms with Gasteiger partial charge in [-0.2, -0.15) is 0 Å². The van der Waals surface area contributed by atoms with Crippen LogP contribution in [0.1, 0.15) is 52.4 Å². The maximum Gasteiger partial charge on any atom is 0.318 e. The van der Waals surface area contributed by atoms with E-state index in [1.165, 1.54) is 0 Å². The smallest absolute Gasteiger partial charge is 0.318 e. The molecule has 1 spiro atoms. The summed E-state index contributed by atoms with van der Waals surface area (Å²) in [6.07, 6.45) is 11.0. The summed E-state index contributed by atoms with van der Waals surface area (Å²) in [7, 11) is 0. The van der Waals surface area contributed by atoms with E-state index in [1.807, 2.05) is 0 Å². The van der Waals surface area contributed by atoms with Crippen LogP contribution in [0.5, 0.6) is 0 Å². The minimum atomic E-state index is -0.303. The Morgan fingerprint density at radius 3 is 2.76 bits per heavy atom. The molecule has 25 heavy (non-hydrogen) atoms. The summed E-state index contributed by atoms with van der Waals surface area (Å²) < 4.78 is 5.17. The van der Waals surface area contributed by atoms with E-state index in [0.717, 1.165) is 38.5 Å². The highest BCUT2D eigenvalue weighted by Gasteiger charge is 2.73. The van der Waals surface area contributed by atoms with Crippen molar-refractivity contribution in [1.82, 2.24) is 0 Å². The quantitative estimate of drug-likeness (QED) is 0.451. The first-order chi connectivity index (χ1) is 11.9. The van der Waals surface area contributed by atoms with E-state index in [-0.39, 0.29) is 52.5 Å². The van der Waals surface area contributed by atoms with Crippen LogP contribution >= 0.6 is 0 Å². The van der Waals surface area contributed by atoms with Gasteiger partial charge in [0.1, 0.15) is 0 Å². The largest absolute Gasteiger partial charge is 0.396 e. The summed E-state index contributed by atoms with van der Waals surface area (Å²) in [6.45, 7) is 4.78. The van der Waals surface area contributed by atoms with Gasteiger partial charge in [0.2, 0.25) is 0 Å². The molecule has 0 aromatic heterocycles. The Kier molecular flexibility index (Phi) is 3.06. The Morgan fingerprint density at radius 2 is 2.00 bits per heavy atom. The van der Waals surface area contributed by atoms with E-state index in [4.69, 9.17) is 4.74 Å². The summed E-state index contributed by atoms with van der Waals surface area (Å²) in [6, 6.07) is 0. The average Bonchev–Trinajstić information content (AvgIpc) is 2.91. The molecule has 136 valence electrons. The highest BCUT2D eigenvalue weighted by molar-refractivity contribution is 5.98. The lowest BCUT2D eigenvalue weighted by atomic mass is 9.33. The van der Waals surface area contributed by atoms with Crippen molar-refractivity contribution in [2.24, 2.45) is 45.8 Å². The summed E-state index contributed by atoms with van der Waals surface area (Å²) >= 11 is 0.